The lowest BCUT2D eigenvalue weighted by molar-refractivity contribution is 0.276. The van der Waals surface area contributed by atoms with E-state index in [1.54, 1.807) is 17.5 Å². The molecule has 0 atom stereocenters. The summed E-state index contributed by atoms with van der Waals surface area (Å²) in [5.41, 5.74) is 1.62. The monoisotopic (exact) mass is 206 g/mol. The van der Waals surface area contributed by atoms with Crippen LogP contribution in [0.15, 0.2) is 23.7 Å². The van der Waals surface area contributed by atoms with Gasteiger partial charge in [0.05, 0.1) is 17.2 Å². The van der Waals surface area contributed by atoms with E-state index in [1.807, 2.05) is 24.4 Å². The van der Waals surface area contributed by atoms with Crippen LogP contribution in [-0.2, 0) is 6.61 Å². The van der Waals surface area contributed by atoms with Gasteiger partial charge in [0.1, 0.15) is 0 Å². The van der Waals surface area contributed by atoms with Crippen molar-refractivity contribution in [3.63, 3.8) is 0 Å². The van der Waals surface area contributed by atoms with Crippen molar-refractivity contribution < 1.29 is 5.11 Å². The highest BCUT2D eigenvalue weighted by Gasteiger charge is 2.05. The maximum absolute atomic E-state index is 9.05. The van der Waals surface area contributed by atoms with Crippen LogP contribution in [0.1, 0.15) is 11.3 Å². The fourth-order valence-corrected chi connectivity index (χ4v) is 1.83. The van der Waals surface area contributed by atoms with Gasteiger partial charge in [-0.2, -0.15) is 0 Å². The molecule has 0 aliphatic rings. The zero-order valence-corrected chi connectivity index (χ0v) is 8.58. The molecule has 0 saturated carbocycles. The highest BCUT2D eigenvalue weighted by Crippen LogP contribution is 2.21. The molecule has 2 rings (SSSR count). The number of nitrogens with zero attached hydrogens (tertiary/aromatic N) is 2. The van der Waals surface area contributed by atoms with Gasteiger partial charge in [0.15, 0.2) is 5.82 Å². The number of aliphatic hydroxyl groups excluding tert-OH is 1. The lowest BCUT2D eigenvalue weighted by Gasteiger charge is -2.02. The average molecular weight is 206 g/mol. The molecule has 0 spiro atoms. The molecule has 0 radical (unpaired) electrons. The number of thiophene rings is 1. The second-order valence-corrected chi connectivity index (χ2v) is 3.91. The van der Waals surface area contributed by atoms with Crippen molar-refractivity contribution in [2.24, 2.45) is 0 Å². The van der Waals surface area contributed by atoms with E-state index in [0.29, 0.717) is 11.5 Å². The number of aryl methyl sites for hydroxylation is 1. The van der Waals surface area contributed by atoms with E-state index in [0.717, 1.165) is 10.4 Å². The first-order chi connectivity index (χ1) is 6.81. The quantitative estimate of drug-likeness (QED) is 0.817. The minimum atomic E-state index is -0.0350. The summed E-state index contributed by atoms with van der Waals surface area (Å²) >= 11 is 1.59. The van der Waals surface area contributed by atoms with Crippen molar-refractivity contribution in [3.8, 4) is 10.7 Å². The molecule has 2 aromatic heterocycles. The second kappa shape index (κ2) is 3.86. The maximum atomic E-state index is 9.05. The van der Waals surface area contributed by atoms with Crippen molar-refractivity contribution in [1.29, 1.82) is 0 Å². The van der Waals surface area contributed by atoms with Gasteiger partial charge >= 0.3 is 0 Å². The van der Waals surface area contributed by atoms with E-state index in [1.165, 1.54) is 0 Å². The molecule has 0 bridgehead atoms. The third-order valence-electron chi connectivity index (χ3n) is 1.97. The van der Waals surface area contributed by atoms with Gasteiger partial charge in [0, 0.05) is 6.20 Å². The molecule has 72 valence electrons. The maximum Gasteiger partial charge on any atom is 0.169 e. The molecule has 2 heterocycles. The van der Waals surface area contributed by atoms with Gasteiger partial charge in [0.25, 0.3) is 0 Å². The summed E-state index contributed by atoms with van der Waals surface area (Å²) in [5.74, 6) is 0.689. The first-order valence-corrected chi connectivity index (χ1v) is 5.16. The zero-order chi connectivity index (χ0) is 9.97. The summed E-state index contributed by atoms with van der Waals surface area (Å²) in [6.45, 7) is 1.86. The standard InChI is InChI=1S/C10H10N2OS/c1-7-5-11-10(12-8(7)6-13)9-3-2-4-14-9/h2-5,13H,6H2,1H3. The van der Waals surface area contributed by atoms with E-state index in [2.05, 4.69) is 9.97 Å². The number of aromatic nitrogens is 2. The lowest BCUT2D eigenvalue weighted by Crippen LogP contribution is -1.97. The van der Waals surface area contributed by atoms with Gasteiger partial charge in [0.2, 0.25) is 0 Å². The predicted octanol–water partition coefficient (Wildman–Crippen LogP) is 2.01. The van der Waals surface area contributed by atoms with Gasteiger partial charge in [-0.1, -0.05) is 6.07 Å². The first kappa shape index (κ1) is 9.30. The van der Waals surface area contributed by atoms with E-state index < -0.39 is 0 Å². The van der Waals surface area contributed by atoms with Crippen LogP contribution in [0, 0.1) is 6.92 Å². The molecule has 0 amide bonds. The van der Waals surface area contributed by atoms with Crippen molar-refractivity contribution in [3.05, 3.63) is 35.0 Å². The molecule has 0 aromatic carbocycles. The molecule has 2 aromatic rings. The van der Waals surface area contributed by atoms with E-state index >= 15 is 0 Å². The highest BCUT2D eigenvalue weighted by atomic mass is 32.1. The van der Waals surface area contributed by atoms with Crippen LogP contribution < -0.4 is 0 Å². The summed E-state index contributed by atoms with van der Waals surface area (Å²) in [4.78, 5) is 9.53. The minimum absolute atomic E-state index is 0.0350. The topological polar surface area (TPSA) is 46.0 Å². The molecule has 1 N–H and O–H groups in total. The third-order valence-corrected chi connectivity index (χ3v) is 2.83. The Morgan fingerprint density at radius 1 is 1.50 bits per heavy atom. The number of rotatable bonds is 2. The Hall–Kier alpha value is -1.26. The van der Waals surface area contributed by atoms with Gasteiger partial charge in [-0.3, -0.25) is 0 Å². The van der Waals surface area contributed by atoms with Crippen molar-refractivity contribution in [1.82, 2.24) is 9.97 Å². The van der Waals surface area contributed by atoms with Crippen molar-refractivity contribution >= 4 is 11.3 Å². The lowest BCUT2D eigenvalue weighted by atomic mass is 10.2. The second-order valence-electron chi connectivity index (χ2n) is 2.96. The summed E-state index contributed by atoms with van der Waals surface area (Å²) in [6, 6.07) is 3.93. The fraction of sp³-hybridized carbons (Fsp3) is 0.200. The minimum Gasteiger partial charge on any atom is -0.390 e. The molecular weight excluding hydrogens is 196 g/mol. The third kappa shape index (κ3) is 1.66. The molecule has 0 aliphatic carbocycles. The van der Waals surface area contributed by atoms with E-state index in [9.17, 15) is 0 Å². The van der Waals surface area contributed by atoms with Crippen LogP contribution in [-0.4, -0.2) is 15.1 Å². The molecular formula is C10H10N2OS. The summed E-state index contributed by atoms with van der Waals surface area (Å²) in [6.07, 6.45) is 1.74. The predicted molar refractivity (Wildman–Crippen MR) is 56.0 cm³/mol. The molecule has 0 fully saturated rings. The summed E-state index contributed by atoms with van der Waals surface area (Å²) in [7, 11) is 0. The molecule has 14 heavy (non-hydrogen) atoms. The number of aliphatic hydroxyl groups is 1. The Kier molecular flexibility index (Phi) is 2.56. The number of hydrogen-bond acceptors (Lipinski definition) is 4. The molecule has 0 saturated heterocycles. The molecule has 3 nitrogen and oxygen atoms in total. The Morgan fingerprint density at radius 2 is 2.36 bits per heavy atom. The van der Waals surface area contributed by atoms with Crippen LogP contribution in [0.4, 0.5) is 0 Å². The Bertz CT molecular complexity index is 426. The normalized spacial score (nSPS) is 10.4. The van der Waals surface area contributed by atoms with E-state index in [4.69, 9.17) is 5.11 Å². The first-order valence-electron chi connectivity index (χ1n) is 4.28. The van der Waals surface area contributed by atoms with Crippen LogP contribution >= 0.6 is 11.3 Å². The van der Waals surface area contributed by atoms with E-state index in [-0.39, 0.29) is 6.61 Å². The van der Waals surface area contributed by atoms with Crippen LogP contribution in [0.5, 0.6) is 0 Å². The zero-order valence-electron chi connectivity index (χ0n) is 7.77. The Balaban J connectivity index is 2.46. The van der Waals surface area contributed by atoms with Crippen molar-refractivity contribution in [2.75, 3.05) is 0 Å². The Morgan fingerprint density at radius 3 is 3.00 bits per heavy atom. The summed E-state index contributed by atoms with van der Waals surface area (Å²) in [5, 5.41) is 11.0. The molecule has 4 heteroatoms. The fourth-order valence-electron chi connectivity index (χ4n) is 1.16. The largest absolute Gasteiger partial charge is 0.390 e. The summed E-state index contributed by atoms with van der Waals surface area (Å²) < 4.78 is 0. The Labute approximate surface area is 86.1 Å². The van der Waals surface area contributed by atoms with Gasteiger partial charge in [-0.15, -0.1) is 11.3 Å². The van der Waals surface area contributed by atoms with Gasteiger partial charge in [-0.05, 0) is 23.9 Å². The SMILES string of the molecule is Cc1cnc(-c2cccs2)nc1CO. The van der Waals surface area contributed by atoms with Crippen LogP contribution in [0.3, 0.4) is 0 Å². The van der Waals surface area contributed by atoms with Crippen LogP contribution in [0.2, 0.25) is 0 Å². The van der Waals surface area contributed by atoms with Gasteiger partial charge < -0.3 is 5.11 Å². The molecule has 0 aliphatic heterocycles. The average Bonchev–Trinajstić information content (AvgIpc) is 2.71. The van der Waals surface area contributed by atoms with Crippen molar-refractivity contribution in [2.45, 2.75) is 13.5 Å². The number of hydrogen-bond donors (Lipinski definition) is 1. The smallest absolute Gasteiger partial charge is 0.169 e. The van der Waals surface area contributed by atoms with Crippen LogP contribution in [0.25, 0.3) is 10.7 Å². The van der Waals surface area contributed by atoms with Gasteiger partial charge in [-0.25, -0.2) is 9.97 Å². The highest BCUT2D eigenvalue weighted by molar-refractivity contribution is 7.13. The molecule has 0 unspecified atom stereocenters.